The van der Waals surface area contributed by atoms with Crippen molar-refractivity contribution in [1.82, 2.24) is 9.78 Å². The van der Waals surface area contributed by atoms with Gasteiger partial charge in [-0.2, -0.15) is 5.10 Å². The highest BCUT2D eigenvalue weighted by atomic mass is 16.6. The van der Waals surface area contributed by atoms with E-state index in [1.54, 1.807) is 10.9 Å². The second-order valence-electron chi connectivity index (χ2n) is 4.15. The van der Waals surface area contributed by atoms with Crippen molar-refractivity contribution in [2.75, 3.05) is 13.2 Å². The molecule has 1 unspecified atom stereocenters. The Morgan fingerprint density at radius 1 is 1.28 bits per heavy atom. The molecule has 0 spiro atoms. The van der Waals surface area contributed by atoms with Gasteiger partial charge in [0.15, 0.2) is 11.5 Å². The number of hydrogen-bond acceptors (Lipinski definition) is 4. The summed E-state index contributed by atoms with van der Waals surface area (Å²) in [5.74, 6) is 1.43. The molecule has 2 aromatic rings. The number of ether oxygens (including phenoxy) is 2. The van der Waals surface area contributed by atoms with Gasteiger partial charge in [-0.15, -0.1) is 0 Å². The standard InChI is InChI=1S/C13H14N2O3/c16-11(9-15-5-1-4-14-15)10-2-3-12-13(8-10)18-7-6-17-12/h1-5,8,11,16H,6-7,9H2. The fourth-order valence-corrected chi connectivity index (χ4v) is 1.96. The lowest BCUT2D eigenvalue weighted by Gasteiger charge is -2.20. The van der Waals surface area contributed by atoms with Crippen molar-refractivity contribution in [1.29, 1.82) is 0 Å². The zero-order valence-corrected chi connectivity index (χ0v) is 9.82. The number of nitrogens with zero attached hydrogens (tertiary/aromatic N) is 2. The van der Waals surface area contributed by atoms with Gasteiger partial charge in [-0.3, -0.25) is 4.68 Å². The minimum Gasteiger partial charge on any atom is -0.486 e. The Kier molecular flexibility index (Phi) is 2.90. The molecule has 1 aliphatic heterocycles. The molecule has 3 rings (SSSR count). The van der Waals surface area contributed by atoms with E-state index < -0.39 is 6.10 Å². The topological polar surface area (TPSA) is 56.5 Å². The van der Waals surface area contributed by atoms with Gasteiger partial charge in [-0.25, -0.2) is 0 Å². The molecule has 2 heterocycles. The van der Waals surface area contributed by atoms with E-state index in [1.165, 1.54) is 0 Å². The van der Waals surface area contributed by atoms with E-state index >= 15 is 0 Å². The van der Waals surface area contributed by atoms with Crippen LogP contribution in [0.25, 0.3) is 0 Å². The molecule has 0 fully saturated rings. The molecular weight excluding hydrogens is 232 g/mol. The summed E-state index contributed by atoms with van der Waals surface area (Å²) >= 11 is 0. The van der Waals surface area contributed by atoms with E-state index in [0.29, 0.717) is 25.5 Å². The molecule has 0 radical (unpaired) electrons. The number of benzene rings is 1. The molecule has 1 N–H and O–H groups in total. The van der Waals surface area contributed by atoms with Gasteiger partial charge in [-0.05, 0) is 23.8 Å². The molecule has 5 nitrogen and oxygen atoms in total. The van der Waals surface area contributed by atoms with Crippen LogP contribution in [0.1, 0.15) is 11.7 Å². The zero-order valence-electron chi connectivity index (χ0n) is 9.82. The van der Waals surface area contributed by atoms with Crippen LogP contribution in [-0.2, 0) is 6.54 Å². The van der Waals surface area contributed by atoms with Crippen molar-refractivity contribution < 1.29 is 14.6 Å². The highest BCUT2D eigenvalue weighted by Gasteiger charge is 2.15. The van der Waals surface area contributed by atoms with Crippen molar-refractivity contribution in [2.45, 2.75) is 12.6 Å². The Morgan fingerprint density at radius 3 is 2.89 bits per heavy atom. The Bertz CT molecular complexity index is 525. The van der Waals surface area contributed by atoms with E-state index in [9.17, 15) is 5.11 Å². The summed E-state index contributed by atoms with van der Waals surface area (Å²) in [5, 5.41) is 14.2. The van der Waals surface area contributed by atoms with Gasteiger partial charge in [0.05, 0.1) is 12.6 Å². The van der Waals surface area contributed by atoms with Gasteiger partial charge < -0.3 is 14.6 Å². The normalized spacial score (nSPS) is 15.4. The smallest absolute Gasteiger partial charge is 0.161 e. The van der Waals surface area contributed by atoms with Gasteiger partial charge >= 0.3 is 0 Å². The van der Waals surface area contributed by atoms with Crippen LogP contribution in [-0.4, -0.2) is 28.1 Å². The Labute approximate surface area is 105 Å². The van der Waals surface area contributed by atoms with Crippen LogP contribution in [0.15, 0.2) is 36.7 Å². The monoisotopic (exact) mass is 246 g/mol. The molecule has 1 aliphatic rings. The lowest BCUT2D eigenvalue weighted by atomic mass is 10.1. The summed E-state index contributed by atoms with van der Waals surface area (Å²) in [6.45, 7) is 1.54. The summed E-state index contributed by atoms with van der Waals surface area (Å²) in [5.41, 5.74) is 0.801. The molecule has 0 aliphatic carbocycles. The first-order chi connectivity index (χ1) is 8.83. The Hall–Kier alpha value is -2.01. The Morgan fingerprint density at radius 2 is 2.11 bits per heavy atom. The maximum absolute atomic E-state index is 10.1. The molecule has 0 saturated carbocycles. The molecule has 1 aromatic carbocycles. The number of hydrogen-bond donors (Lipinski definition) is 1. The van der Waals surface area contributed by atoms with Crippen molar-refractivity contribution >= 4 is 0 Å². The quantitative estimate of drug-likeness (QED) is 0.889. The van der Waals surface area contributed by atoms with Crippen molar-refractivity contribution in [3.63, 3.8) is 0 Å². The lowest BCUT2D eigenvalue weighted by Crippen LogP contribution is -2.16. The van der Waals surface area contributed by atoms with Crippen LogP contribution < -0.4 is 9.47 Å². The van der Waals surface area contributed by atoms with E-state index in [1.807, 2.05) is 30.5 Å². The van der Waals surface area contributed by atoms with Crippen LogP contribution in [0, 0.1) is 0 Å². The molecule has 18 heavy (non-hydrogen) atoms. The summed E-state index contributed by atoms with van der Waals surface area (Å²) in [4.78, 5) is 0. The maximum atomic E-state index is 10.1. The SMILES string of the molecule is OC(Cn1cccn1)c1ccc2c(c1)OCCO2. The summed E-state index contributed by atoms with van der Waals surface area (Å²) < 4.78 is 12.6. The van der Waals surface area contributed by atoms with Gasteiger partial charge in [0.25, 0.3) is 0 Å². The molecule has 0 bridgehead atoms. The second kappa shape index (κ2) is 4.70. The lowest BCUT2D eigenvalue weighted by molar-refractivity contribution is 0.147. The van der Waals surface area contributed by atoms with Crippen LogP contribution in [0.5, 0.6) is 11.5 Å². The first kappa shape index (κ1) is 11.1. The first-order valence-corrected chi connectivity index (χ1v) is 5.88. The molecular formula is C13H14N2O3. The largest absolute Gasteiger partial charge is 0.486 e. The van der Waals surface area contributed by atoms with Gasteiger partial charge in [0.1, 0.15) is 13.2 Å². The zero-order chi connectivity index (χ0) is 12.4. The molecule has 0 saturated heterocycles. The third-order valence-corrected chi connectivity index (χ3v) is 2.87. The van der Waals surface area contributed by atoms with E-state index in [2.05, 4.69) is 5.10 Å². The fourth-order valence-electron chi connectivity index (χ4n) is 1.96. The maximum Gasteiger partial charge on any atom is 0.161 e. The number of aromatic nitrogens is 2. The van der Waals surface area contributed by atoms with Crippen molar-refractivity contribution in [2.24, 2.45) is 0 Å². The highest BCUT2D eigenvalue weighted by molar-refractivity contribution is 5.44. The van der Waals surface area contributed by atoms with Gasteiger partial charge in [0, 0.05) is 12.4 Å². The molecule has 0 amide bonds. The van der Waals surface area contributed by atoms with Crippen LogP contribution in [0.3, 0.4) is 0 Å². The number of rotatable bonds is 3. The third kappa shape index (κ3) is 2.17. The predicted octanol–water partition coefficient (Wildman–Crippen LogP) is 1.39. The minimum atomic E-state index is -0.610. The molecule has 5 heteroatoms. The van der Waals surface area contributed by atoms with Gasteiger partial charge in [-0.1, -0.05) is 6.07 Å². The van der Waals surface area contributed by atoms with Gasteiger partial charge in [0.2, 0.25) is 0 Å². The highest BCUT2D eigenvalue weighted by Crippen LogP contribution is 2.32. The fraction of sp³-hybridized carbons (Fsp3) is 0.308. The average molecular weight is 246 g/mol. The molecule has 94 valence electrons. The predicted molar refractivity (Wildman–Crippen MR) is 64.6 cm³/mol. The van der Waals surface area contributed by atoms with E-state index in [4.69, 9.17) is 9.47 Å². The van der Waals surface area contributed by atoms with Crippen LogP contribution in [0.4, 0.5) is 0 Å². The van der Waals surface area contributed by atoms with Crippen molar-refractivity contribution in [3.8, 4) is 11.5 Å². The second-order valence-corrected chi connectivity index (χ2v) is 4.15. The Balaban J connectivity index is 1.79. The third-order valence-electron chi connectivity index (χ3n) is 2.87. The van der Waals surface area contributed by atoms with E-state index in [0.717, 1.165) is 11.3 Å². The molecule has 1 aromatic heterocycles. The molecule has 1 atom stereocenters. The number of aliphatic hydroxyl groups is 1. The van der Waals surface area contributed by atoms with E-state index in [-0.39, 0.29) is 0 Å². The minimum absolute atomic E-state index is 0.423. The number of fused-ring (bicyclic) bond motifs is 1. The first-order valence-electron chi connectivity index (χ1n) is 5.88. The number of aliphatic hydroxyl groups excluding tert-OH is 1. The summed E-state index contributed by atoms with van der Waals surface area (Å²) in [7, 11) is 0. The van der Waals surface area contributed by atoms with Crippen LogP contribution in [0.2, 0.25) is 0 Å². The average Bonchev–Trinajstić information content (AvgIpc) is 2.91. The summed E-state index contributed by atoms with van der Waals surface area (Å²) in [6, 6.07) is 7.33. The van der Waals surface area contributed by atoms with Crippen LogP contribution >= 0.6 is 0 Å². The summed E-state index contributed by atoms with van der Waals surface area (Å²) in [6.07, 6.45) is 2.90. The van der Waals surface area contributed by atoms with Crippen molar-refractivity contribution in [3.05, 3.63) is 42.2 Å².